The minimum atomic E-state index is -0.840. The van der Waals surface area contributed by atoms with Gasteiger partial charge in [-0.2, -0.15) is 0 Å². The van der Waals surface area contributed by atoms with Gasteiger partial charge in [-0.05, 0) is 47.0 Å². The number of rotatable bonds is 6. The van der Waals surface area contributed by atoms with Gasteiger partial charge in [-0.15, -0.1) is 24.0 Å². The van der Waals surface area contributed by atoms with Gasteiger partial charge in [0.25, 0.3) is 0 Å². The summed E-state index contributed by atoms with van der Waals surface area (Å²) in [7, 11) is -0.840. The van der Waals surface area contributed by atoms with Crippen LogP contribution in [0.15, 0.2) is 4.99 Å². The van der Waals surface area contributed by atoms with Crippen molar-refractivity contribution < 1.29 is 4.21 Å². The van der Waals surface area contributed by atoms with E-state index in [2.05, 4.69) is 27.4 Å². The van der Waals surface area contributed by atoms with Gasteiger partial charge >= 0.3 is 0 Å². The molecule has 0 aromatic rings. The van der Waals surface area contributed by atoms with Crippen molar-refractivity contribution in [3.05, 3.63) is 0 Å². The summed E-state index contributed by atoms with van der Waals surface area (Å²) in [6.07, 6.45) is 6.73. The van der Waals surface area contributed by atoms with E-state index in [1.54, 1.807) is 0 Å². The highest BCUT2D eigenvalue weighted by atomic mass is 127. The lowest BCUT2D eigenvalue weighted by Crippen LogP contribution is -2.45. The van der Waals surface area contributed by atoms with Gasteiger partial charge in [0.2, 0.25) is 0 Å². The molecule has 0 aromatic carbocycles. The van der Waals surface area contributed by atoms with Gasteiger partial charge in [-0.3, -0.25) is 14.1 Å². The second-order valence-corrected chi connectivity index (χ2v) is 10.3. The van der Waals surface area contributed by atoms with E-state index >= 15 is 0 Å². The Morgan fingerprint density at radius 3 is 2.52 bits per heavy atom. The van der Waals surface area contributed by atoms with E-state index in [0.717, 1.165) is 25.1 Å². The maximum Gasteiger partial charge on any atom is 0.191 e. The average molecular weight is 484 g/mol. The molecule has 2 unspecified atom stereocenters. The SMILES string of the molecule is CCNC(=NCCS(=O)C(C)(C)C)NC1CCN(C2CCCC2)C1.I. The minimum Gasteiger partial charge on any atom is -0.357 e. The van der Waals surface area contributed by atoms with Gasteiger partial charge in [0.05, 0.1) is 6.54 Å². The molecule has 2 fully saturated rings. The van der Waals surface area contributed by atoms with Gasteiger partial charge in [0.15, 0.2) is 5.96 Å². The summed E-state index contributed by atoms with van der Waals surface area (Å²) in [5, 5.41) is 6.91. The summed E-state index contributed by atoms with van der Waals surface area (Å²) in [5.41, 5.74) is 0. The average Bonchev–Trinajstić information content (AvgIpc) is 3.17. The monoisotopic (exact) mass is 484 g/mol. The number of aliphatic imine (C=N–C) groups is 1. The molecule has 1 saturated carbocycles. The number of guanidine groups is 1. The zero-order valence-electron chi connectivity index (χ0n) is 16.3. The van der Waals surface area contributed by atoms with Crippen molar-refractivity contribution >= 4 is 40.7 Å². The lowest BCUT2D eigenvalue weighted by molar-refractivity contribution is 0.242. The van der Waals surface area contributed by atoms with Crippen molar-refractivity contribution in [1.82, 2.24) is 15.5 Å². The second kappa shape index (κ2) is 11.1. The Morgan fingerprint density at radius 1 is 1.24 bits per heavy atom. The molecule has 2 N–H and O–H groups in total. The molecule has 1 heterocycles. The summed E-state index contributed by atoms with van der Waals surface area (Å²) in [6.45, 7) is 11.9. The number of nitrogens with one attached hydrogen (secondary N) is 2. The molecule has 25 heavy (non-hydrogen) atoms. The molecule has 148 valence electrons. The molecule has 2 atom stereocenters. The molecule has 1 aliphatic carbocycles. The quantitative estimate of drug-likeness (QED) is 0.346. The normalized spacial score (nSPS) is 24.2. The number of hydrogen-bond donors (Lipinski definition) is 2. The standard InChI is InChI=1S/C18H36N4OS.HI/c1-5-19-17(20-11-13-24(23)18(2,3)4)21-15-10-12-22(14-15)16-8-6-7-9-16;/h15-16H,5-14H2,1-4H3,(H2,19,20,21);1H. The van der Waals surface area contributed by atoms with Crippen LogP contribution < -0.4 is 10.6 Å². The predicted molar refractivity (Wildman–Crippen MR) is 120 cm³/mol. The Hall–Kier alpha value is 0.110. The van der Waals surface area contributed by atoms with Crippen molar-refractivity contribution in [3.63, 3.8) is 0 Å². The maximum absolute atomic E-state index is 12.1. The number of hydrogen-bond acceptors (Lipinski definition) is 3. The van der Waals surface area contributed by atoms with Crippen LogP contribution in [0.1, 0.15) is 59.8 Å². The summed E-state index contributed by atoms with van der Waals surface area (Å²) in [4.78, 5) is 7.29. The molecule has 0 radical (unpaired) electrons. The molecular weight excluding hydrogens is 447 g/mol. The Bertz CT molecular complexity index is 447. The van der Waals surface area contributed by atoms with Crippen LogP contribution in [0.5, 0.6) is 0 Å². The molecular formula is C18H37IN4OS. The van der Waals surface area contributed by atoms with Crippen LogP contribution in [-0.4, -0.2) is 63.8 Å². The molecule has 0 amide bonds. The van der Waals surface area contributed by atoms with Gasteiger partial charge < -0.3 is 10.6 Å². The highest BCUT2D eigenvalue weighted by Crippen LogP contribution is 2.26. The van der Waals surface area contributed by atoms with E-state index in [4.69, 9.17) is 0 Å². The van der Waals surface area contributed by atoms with Crippen LogP contribution in [0.2, 0.25) is 0 Å². The van der Waals surface area contributed by atoms with E-state index < -0.39 is 10.8 Å². The first-order valence-electron chi connectivity index (χ1n) is 9.57. The molecule has 0 aromatic heterocycles. The topological polar surface area (TPSA) is 56.7 Å². The summed E-state index contributed by atoms with van der Waals surface area (Å²) < 4.78 is 12.0. The highest BCUT2D eigenvalue weighted by molar-refractivity contribution is 14.0. The first kappa shape index (κ1) is 23.1. The van der Waals surface area contributed by atoms with Crippen molar-refractivity contribution in [1.29, 1.82) is 0 Å². The fourth-order valence-corrected chi connectivity index (χ4v) is 4.44. The summed E-state index contributed by atoms with van der Waals surface area (Å²) in [5.74, 6) is 1.50. The Balaban J connectivity index is 0.00000312. The molecule has 0 bridgehead atoms. The van der Waals surface area contributed by atoms with Crippen LogP contribution >= 0.6 is 24.0 Å². The smallest absolute Gasteiger partial charge is 0.191 e. The zero-order chi connectivity index (χ0) is 17.6. The molecule has 1 aliphatic heterocycles. The van der Waals surface area contributed by atoms with Crippen LogP contribution in [0.25, 0.3) is 0 Å². The Morgan fingerprint density at radius 2 is 1.92 bits per heavy atom. The third kappa shape index (κ3) is 7.71. The fraction of sp³-hybridized carbons (Fsp3) is 0.944. The molecule has 5 nitrogen and oxygen atoms in total. The number of halogens is 1. The lowest BCUT2D eigenvalue weighted by atomic mass is 10.2. The van der Waals surface area contributed by atoms with Gasteiger partial charge in [-0.1, -0.05) is 12.8 Å². The largest absolute Gasteiger partial charge is 0.357 e. The van der Waals surface area contributed by atoms with Gasteiger partial charge in [0.1, 0.15) is 0 Å². The van der Waals surface area contributed by atoms with Crippen molar-refractivity contribution in [2.75, 3.05) is 31.9 Å². The second-order valence-electron chi connectivity index (χ2n) is 7.99. The summed E-state index contributed by atoms with van der Waals surface area (Å²) >= 11 is 0. The lowest BCUT2D eigenvalue weighted by Gasteiger charge is -2.24. The van der Waals surface area contributed by atoms with Crippen LogP contribution in [-0.2, 0) is 10.8 Å². The van der Waals surface area contributed by atoms with Crippen molar-refractivity contribution in [2.45, 2.75) is 76.6 Å². The van der Waals surface area contributed by atoms with Gasteiger partial charge in [-0.25, -0.2) is 0 Å². The van der Waals surface area contributed by atoms with E-state index in [9.17, 15) is 4.21 Å². The van der Waals surface area contributed by atoms with Crippen molar-refractivity contribution in [2.24, 2.45) is 4.99 Å². The van der Waals surface area contributed by atoms with E-state index in [1.807, 2.05) is 20.8 Å². The molecule has 0 spiro atoms. The minimum absolute atomic E-state index is 0. The van der Waals surface area contributed by atoms with E-state index in [1.165, 1.54) is 38.6 Å². The Kier molecular flexibility index (Phi) is 10.2. The molecule has 7 heteroatoms. The Labute approximate surface area is 173 Å². The third-order valence-corrected chi connectivity index (χ3v) is 6.89. The number of nitrogens with zero attached hydrogens (tertiary/aromatic N) is 2. The van der Waals surface area contributed by atoms with E-state index in [-0.39, 0.29) is 28.7 Å². The highest BCUT2D eigenvalue weighted by Gasteiger charge is 2.30. The maximum atomic E-state index is 12.1. The zero-order valence-corrected chi connectivity index (χ0v) is 19.5. The van der Waals surface area contributed by atoms with Crippen LogP contribution in [0.4, 0.5) is 0 Å². The van der Waals surface area contributed by atoms with Crippen molar-refractivity contribution in [3.8, 4) is 0 Å². The summed E-state index contributed by atoms with van der Waals surface area (Å²) in [6, 6.07) is 1.29. The van der Waals surface area contributed by atoms with Crippen LogP contribution in [0.3, 0.4) is 0 Å². The molecule has 1 saturated heterocycles. The van der Waals surface area contributed by atoms with Gasteiger partial charge in [0, 0.05) is 53.0 Å². The van der Waals surface area contributed by atoms with E-state index in [0.29, 0.717) is 18.3 Å². The first-order chi connectivity index (χ1) is 11.4. The first-order valence-corrected chi connectivity index (χ1v) is 10.9. The van der Waals surface area contributed by atoms with Crippen LogP contribution in [0, 0.1) is 0 Å². The fourth-order valence-electron chi connectivity index (χ4n) is 3.57. The molecule has 2 rings (SSSR count). The predicted octanol–water partition coefficient (Wildman–Crippen LogP) is 2.72. The third-order valence-electron chi connectivity index (χ3n) is 4.98. The number of likely N-dealkylation sites (tertiary alicyclic amines) is 1. The molecule has 2 aliphatic rings.